The summed E-state index contributed by atoms with van der Waals surface area (Å²) >= 11 is 5.94. The van der Waals surface area contributed by atoms with Gasteiger partial charge in [0.05, 0.1) is 35.4 Å². The second-order valence-electron chi connectivity index (χ2n) is 6.97. The van der Waals surface area contributed by atoms with Crippen molar-refractivity contribution in [2.24, 2.45) is 5.10 Å². The lowest BCUT2D eigenvalue weighted by molar-refractivity contribution is -0.137. The Morgan fingerprint density at radius 2 is 1.91 bits per heavy atom. The van der Waals surface area contributed by atoms with E-state index in [2.05, 4.69) is 17.1 Å². The molecule has 2 aromatic rings. The molecule has 190 valence electrons. The van der Waals surface area contributed by atoms with Gasteiger partial charge >= 0.3 is 6.18 Å². The van der Waals surface area contributed by atoms with Crippen molar-refractivity contribution in [1.82, 2.24) is 5.43 Å². The zero-order valence-electron chi connectivity index (χ0n) is 18.8. The largest absolute Gasteiger partial charge is 0.490 e. The van der Waals surface area contributed by atoms with Crippen LogP contribution in [0.5, 0.6) is 11.5 Å². The first-order valence-electron chi connectivity index (χ1n) is 10.0. The lowest BCUT2D eigenvalue weighted by Gasteiger charge is -2.23. The lowest BCUT2D eigenvalue weighted by Crippen LogP contribution is -2.39. The van der Waals surface area contributed by atoms with Crippen LogP contribution in [0.3, 0.4) is 0 Å². The van der Waals surface area contributed by atoms with Gasteiger partial charge in [0, 0.05) is 0 Å². The van der Waals surface area contributed by atoms with Crippen LogP contribution in [0.25, 0.3) is 0 Å². The predicted octanol–water partition coefficient (Wildman–Crippen LogP) is 4.24. The molecule has 0 atom stereocenters. The molecule has 0 heterocycles. The summed E-state index contributed by atoms with van der Waals surface area (Å²) < 4.78 is 75.2. The fourth-order valence-electron chi connectivity index (χ4n) is 2.75. The molecule has 1 N–H and O–H groups in total. The summed E-state index contributed by atoms with van der Waals surface area (Å²) in [5.41, 5.74) is 1.07. The minimum Gasteiger partial charge on any atom is -0.490 e. The van der Waals surface area contributed by atoms with E-state index in [0.29, 0.717) is 40.1 Å². The van der Waals surface area contributed by atoms with Crippen molar-refractivity contribution < 1.29 is 35.9 Å². The first-order chi connectivity index (χ1) is 16.4. The fraction of sp³-hybridized carbons (Fsp3) is 0.273. The Morgan fingerprint density at radius 3 is 2.51 bits per heavy atom. The highest BCUT2D eigenvalue weighted by Crippen LogP contribution is 2.36. The minimum absolute atomic E-state index is 0.274. The number of nitrogens with zero attached hydrogens (tertiary/aromatic N) is 2. The van der Waals surface area contributed by atoms with Gasteiger partial charge in [-0.25, -0.2) is 13.8 Å². The van der Waals surface area contributed by atoms with Gasteiger partial charge in [-0.05, 0) is 48.9 Å². The number of sulfonamides is 1. The maximum absolute atomic E-state index is 13.1. The Kier molecular flexibility index (Phi) is 9.55. The van der Waals surface area contributed by atoms with E-state index in [1.165, 1.54) is 6.21 Å². The summed E-state index contributed by atoms with van der Waals surface area (Å²) in [6.07, 6.45) is -1.14. The van der Waals surface area contributed by atoms with E-state index in [4.69, 9.17) is 21.1 Å². The minimum atomic E-state index is -4.73. The third-order valence-electron chi connectivity index (χ3n) is 4.26. The molecule has 8 nitrogen and oxygen atoms in total. The number of amides is 1. The van der Waals surface area contributed by atoms with Crippen LogP contribution < -0.4 is 19.2 Å². The number of hydrogen-bond donors (Lipinski definition) is 1. The molecule has 13 heteroatoms. The van der Waals surface area contributed by atoms with Gasteiger partial charge in [-0.1, -0.05) is 24.3 Å². The van der Waals surface area contributed by atoms with Crippen LogP contribution in [0.15, 0.2) is 54.2 Å². The average molecular weight is 534 g/mol. The van der Waals surface area contributed by atoms with Crippen molar-refractivity contribution in [3.05, 3.63) is 65.2 Å². The summed E-state index contributed by atoms with van der Waals surface area (Å²) in [7, 11) is -4.17. The second kappa shape index (κ2) is 11.9. The number of rotatable bonds is 11. The van der Waals surface area contributed by atoms with E-state index in [1.807, 2.05) is 0 Å². The third kappa shape index (κ3) is 8.18. The van der Waals surface area contributed by atoms with Crippen molar-refractivity contribution in [3.8, 4) is 11.5 Å². The first kappa shape index (κ1) is 28.0. The van der Waals surface area contributed by atoms with Crippen molar-refractivity contribution in [2.45, 2.75) is 13.1 Å². The molecule has 35 heavy (non-hydrogen) atoms. The van der Waals surface area contributed by atoms with E-state index in [9.17, 15) is 26.4 Å². The van der Waals surface area contributed by atoms with E-state index in [1.54, 1.807) is 31.2 Å². The van der Waals surface area contributed by atoms with Gasteiger partial charge in [-0.15, -0.1) is 0 Å². The predicted molar refractivity (Wildman–Crippen MR) is 128 cm³/mol. The van der Waals surface area contributed by atoms with Gasteiger partial charge in [0.1, 0.15) is 13.2 Å². The molecule has 0 unspecified atom stereocenters. The molecule has 0 radical (unpaired) electrons. The molecule has 0 saturated carbocycles. The van der Waals surface area contributed by atoms with Crippen LogP contribution in [0.2, 0.25) is 5.02 Å². The van der Waals surface area contributed by atoms with Gasteiger partial charge in [-0.3, -0.25) is 9.10 Å². The highest BCUT2D eigenvalue weighted by Gasteiger charge is 2.33. The first-order valence-corrected chi connectivity index (χ1v) is 12.3. The monoisotopic (exact) mass is 533 g/mol. The van der Waals surface area contributed by atoms with Gasteiger partial charge < -0.3 is 9.47 Å². The maximum atomic E-state index is 13.1. The number of anilines is 1. The molecule has 0 aliphatic heterocycles. The van der Waals surface area contributed by atoms with Gasteiger partial charge in [-0.2, -0.15) is 18.3 Å². The molecule has 0 fully saturated rings. The third-order valence-corrected chi connectivity index (χ3v) is 5.70. The summed E-state index contributed by atoms with van der Waals surface area (Å²) in [6.45, 7) is 5.17. The van der Waals surface area contributed by atoms with Crippen LogP contribution >= 0.6 is 11.6 Å². The van der Waals surface area contributed by atoms with Gasteiger partial charge in [0.2, 0.25) is 10.0 Å². The summed E-state index contributed by atoms with van der Waals surface area (Å²) in [5.74, 6) is 0.0119. The number of nitrogens with one attached hydrogen (secondary N) is 1. The van der Waals surface area contributed by atoms with Crippen molar-refractivity contribution in [1.29, 1.82) is 0 Å². The number of alkyl halides is 3. The Morgan fingerprint density at radius 1 is 1.20 bits per heavy atom. The number of benzene rings is 2. The number of ether oxygens (including phenoxy) is 2. The number of hydrogen-bond acceptors (Lipinski definition) is 6. The Labute approximate surface area is 206 Å². The van der Waals surface area contributed by atoms with Crippen LogP contribution in [-0.4, -0.2) is 46.6 Å². The second-order valence-corrected chi connectivity index (χ2v) is 9.28. The summed E-state index contributed by atoms with van der Waals surface area (Å²) in [5, 5.41) is 3.50. The summed E-state index contributed by atoms with van der Waals surface area (Å²) in [4.78, 5) is 12.3. The molecule has 0 saturated heterocycles. The molecule has 0 bridgehead atoms. The lowest BCUT2D eigenvalue weighted by atomic mass is 10.2. The fourth-order valence-corrected chi connectivity index (χ4v) is 3.88. The highest BCUT2D eigenvalue weighted by atomic mass is 35.5. The summed E-state index contributed by atoms with van der Waals surface area (Å²) in [6, 6.07) is 7.07. The Balaban J connectivity index is 2.19. The number of halogens is 4. The standard InChI is InChI=1S/C22H23ClF3N3O5S/c1-4-10-34-19-9-6-15(11-20(19)33-5-2)13-27-28-21(30)14-29(35(3,31)32)18-12-16(22(24,25)26)7-8-17(18)23/h4,6-9,11-13H,1,5,10,14H2,2-3H3,(H,28,30)/b27-13-. The number of carbonyl (C=O) groups excluding carboxylic acids is 1. The average Bonchev–Trinajstić information content (AvgIpc) is 2.76. The normalized spacial score (nSPS) is 11.8. The number of hydrazone groups is 1. The zero-order valence-corrected chi connectivity index (χ0v) is 20.4. The molecule has 2 aromatic carbocycles. The Hall–Kier alpha value is -3.25. The number of carbonyl (C=O) groups is 1. The molecule has 0 aromatic heterocycles. The van der Waals surface area contributed by atoms with Gasteiger partial charge in [0.25, 0.3) is 5.91 Å². The van der Waals surface area contributed by atoms with Crippen molar-refractivity contribution >= 4 is 39.4 Å². The SMILES string of the molecule is C=CCOc1ccc(/C=N\NC(=O)CN(c2cc(C(F)(F)F)ccc2Cl)S(C)(=O)=O)cc1OCC. The van der Waals surface area contributed by atoms with E-state index in [0.717, 1.165) is 12.3 Å². The van der Waals surface area contributed by atoms with Crippen LogP contribution in [0, 0.1) is 0 Å². The molecule has 0 aliphatic rings. The quantitative estimate of drug-likeness (QED) is 0.265. The van der Waals surface area contributed by atoms with Crippen LogP contribution in [0.1, 0.15) is 18.1 Å². The van der Waals surface area contributed by atoms with E-state index < -0.39 is 39.9 Å². The molecule has 1 amide bonds. The molecular weight excluding hydrogens is 511 g/mol. The maximum Gasteiger partial charge on any atom is 0.416 e. The van der Waals surface area contributed by atoms with Crippen molar-refractivity contribution in [2.75, 3.05) is 30.3 Å². The zero-order chi connectivity index (χ0) is 26.2. The van der Waals surface area contributed by atoms with E-state index in [-0.39, 0.29) is 11.6 Å². The van der Waals surface area contributed by atoms with E-state index >= 15 is 0 Å². The van der Waals surface area contributed by atoms with Crippen LogP contribution in [-0.2, 0) is 21.0 Å². The highest BCUT2D eigenvalue weighted by molar-refractivity contribution is 7.92. The van der Waals surface area contributed by atoms with Crippen molar-refractivity contribution in [3.63, 3.8) is 0 Å². The smallest absolute Gasteiger partial charge is 0.416 e. The van der Waals surface area contributed by atoms with Crippen LogP contribution in [0.4, 0.5) is 18.9 Å². The Bertz CT molecular complexity index is 1200. The molecule has 0 spiro atoms. The molecular formula is C22H23ClF3N3O5S. The molecule has 0 aliphatic carbocycles. The topological polar surface area (TPSA) is 97.3 Å². The van der Waals surface area contributed by atoms with Gasteiger partial charge in [0.15, 0.2) is 11.5 Å². The molecule has 2 rings (SSSR count).